The maximum Gasteiger partial charge on any atom is 0.269 e. The van der Waals surface area contributed by atoms with Crippen molar-refractivity contribution in [1.29, 1.82) is 0 Å². The number of hydrogen-bond donors (Lipinski definition) is 3. The Labute approximate surface area is 114 Å². The van der Waals surface area contributed by atoms with Crippen LogP contribution >= 0.6 is 0 Å². The molecular weight excluding hydrogens is 240 g/mol. The zero-order valence-corrected chi connectivity index (χ0v) is 11.9. The molecule has 0 unspecified atom stereocenters. The van der Waals surface area contributed by atoms with Gasteiger partial charge in [0.1, 0.15) is 11.5 Å². The van der Waals surface area contributed by atoms with E-state index in [2.05, 4.69) is 43.4 Å². The van der Waals surface area contributed by atoms with Crippen molar-refractivity contribution in [2.75, 3.05) is 12.0 Å². The molecule has 1 fully saturated rings. The highest BCUT2D eigenvalue weighted by atomic mass is 16.1. The van der Waals surface area contributed by atoms with Crippen LogP contribution in [0.2, 0.25) is 0 Å². The number of nitrogens with zero attached hydrogens (tertiary/aromatic N) is 1. The maximum atomic E-state index is 12.0. The van der Waals surface area contributed by atoms with Crippen molar-refractivity contribution in [3.8, 4) is 0 Å². The molecule has 2 rings (SSSR count). The van der Waals surface area contributed by atoms with Crippen LogP contribution in [0.3, 0.4) is 0 Å². The van der Waals surface area contributed by atoms with Gasteiger partial charge in [0.2, 0.25) is 0 Å². The summed E-state index contributed by atoms with van der Waals surface area (Å²) < 4.78 is 0. The molecular formula is C14H22N4O. The first-order valence-corrected chi connectivity index (χ1v) is 6.52. The van der Waals surface area contributed by atoms with E-state index in [1.165, 1.54) is 0 Å². The second-order valence-corrected chi connectivity index (χ2v) is 6.26. The van der Waals surface area contributed by atoms with Crippen LogP contribution in [0.25, 0.3) is 0 Å². The summed E-state index contributed by atoms with van der Waals surface area (Å²) in [5, 5.41) is 2.95. The Hall–Kier alpha value is -1.62. The van der Waals surface area contributed by atoms with Crippen molar-refractivity contribution in [2.45, 2.75) is 27.7 Å². The molecule has 0 bridgehead atoms. The van der Waals surface area contributed by atoms with Crippen molar-refractivity contribution >= 4 is 11.7 Å². The van der Waals surface area contributed by atoms with E-state index in [1.54, 1.807) is 18.2 Å². The molecule has 0 radical (unpaired) electrons. The second-order valence-electron chi connectivity index (χ2n) is 6.26. The Balaban J connectivity index is 1.96. The third-order valence-corrected chi connectivity index (χ3v) is 4.92. The van der Waals surface area contributed by atoms with Gasteiger partial charge in [0.15, 0.2) is 0 Å². The van der Waals surface area contributed by atoms with Crippen molar-refractivity contribution in [1.82, 2.24) is 10.3 Å². The molecule has 1 aromatic heterocycles. The first-order chi connectivity index (χ1) is 8.80. The van der Waals surface area contributed by atoms with Crippen LogP contribution < -0.4 is 16.6 Å². The molecule has 0 saturated heterocycles. The predicted octanol–water partition coefficient (Wildman–Crippen LogP) is 1.78. The summed E-state index contributed by atoms with van der Waals surface area (Å²) in [6.45, 7) is 9.63. The average molecular weight is 262 g/mol. The normalized spacial score (nSPS) is 19.8. The lowest BCUT2D eigenvalue weighted by atomic mass is 10.0. The van der Waals surface area contributed by atoms with Gasteiger partial charge in [-0.3, -0.25) is 4.79 Å². The highest BCUT2D eigenvalue weighted by Crippen LogP contribution is 2.67. The topological polar surface area (TPSA) is 80.0 Å². The molecule has 4 N–H and O–H groups in total. The van der Waals surface area contributed by atoms with Crippen LogP contribution in [-0.4, -0.2) is 17.4 Å². The quantitative estimate of drug-likeness (QED) is 0.571. The van der Waals surface area contributed by atoms with Gasteiger partial charge in [-0.05, 0) is 28.9 Å². The van der Waals surface area contributed by atoms with E-state index in [-0.39, 0.29) is 16.7 Å². The lowest BCUT2D eigenvalue weighted by Gasteiger charge is -2.07. The zero-order valence-electron chi connectivity index (χ0n) is 11.9. The summed E-state index contributed by atoms with van der Waals surface area (Å²) in [6.07, 6.45) is 0. The lowest BCUT2D eigenvalue weighted by Crippen LogP contribution is -2.28. The first kappa shape index (κ1) is 13.8. The Morgan fingerprint density at radius 3 is 2.47 bits per heavy atom. The molecule has 5 heteroatoms. The molecule has 0 atom stereocenters. The molecule has 0 aromatic carbocycles. The van der Waals surface area contributed by atoms with Gasteiger partial charge in [0.05, 0.1) is 0 Å². The number of aromatic nitrogens is 1. The third kappa shape index (κ3) is 2.30. The highest BCUT2D eigenvalue weighted by Gasteiger charge is 2.64. The molecule has 104 valence electrons. The smallest absolute Gasteiger partial charge is 0.269 e. The zero-order chi connectivity index (χ0) is 14.3. The van der Waals surface area contributed by atoms with Gasteiger partial charge in [-0.25, -0.2) is 10.8 Å². The van der Waals surface area contributed by atoms with Gasteiger partial charge in [0, 0.05) is 6.54 Å². The number of rotatable bonds is 4. The average Bonchev–Trinajstić information content (AvgIpc) is 2.77. The molecule has 1 amide bonds. The summed E-state index contributed by atoms with van der Waals surface area (Å²) in [6, 6.07) is 5.14. The minimum Gasteiger partial charge on any atom is -0.350 e. The van der Waals surface area contributed by atoms with Crippen molar-refractivity contribution < 1.29 is 4.79 Å². The van der Waals surface area contributed by atoms with Crippen LogP contribution in [0.5, 0.6) is 0 Å². The number of nitrogen functional groups attached to an aromatic ring is 1. The van der Waals surface area contributed by atoms with E-state index < -0.39 is 0 Å². The Morgan fingerprint density at radius 1 is 1.32 bits per heavy atom. The fraction of sp³-hybridized carbons (Fsp3) is 0.571. The molecule has 1 aromatic rings. The monoisotopic (exact) mass is 262 g/mol. The number of hydrazine groups is 1. The van der Waals surface area contributed by atoms with Gasteiger partial charge in [-0.2, -0.15) is 0 Å². The Bertz CT molecular complexity index is 482. The molecule has 1 saturated carbocycles. The van der Waals surface area contributed by atoms with Crippen LogP contribution in [-0.2, 0) is 0 Å². The summed E-state index contributed by atoms with van der Waals surface area (Å²) >= 11 is 0. The van der Waals surface area contributed by atoms with E-state index >= 15 is 0 Å². The fourth-order valence-corrected chi connectivity index (χ4v) is 2.77. The van der Waals surface area contributed by atoms with E-state index in [0.29, 0.717) is 24.0 Å². The van der Waals surface area contributed by atoms with Gasteiger partial charge in [-0.1, -0.05) is 33.8 Å². The summed E-state index contributed by atoms with van der Waals surface area (Å²) in [4.78, 5) is 16.1. The number of nitrogens with two attached hydrogens (primary N) is 1. The van der Waals surface area contributed by atoms with Crippen molar-refractivity contribution in [3.63, 3.8) is 0 Å². The van der Waals surface area contributed by atoms with E-state index in [1.807, 2.05) is 0 Å². The fourth-order valence-electron chi connectivity index (χ4n) is 2.77. The molecule has 5 nitrogen and oxygen atoms in total. The van der Waals surface area contributed by atoms with Crippen LogP contribution in [0.4, 0.5) is 5.82 Å². The molecule has 0 aliphatic heterocycles. The SMILES string of the molecule is CC1(C)C(CNC(=O)c2cccc(NN)n2)C1(C)C. The number of carbonyl (C=O) groups is 1. The standard InChI is InChI=1S/C14H22N4O/c1-13(2)10(14(13,3)4)8-16-12(19)9-6-5-7-11(17-9)18-15/h5-7,10H,8,15H2,1-4H3,(H,16,19)(H,17,18). The Morgan fingerprint density at radius 2 is 1.95 bits per heavy atom. The van der Waals surface area contributed by atoms with E-state index in [9.17, 15) is 4.79 Å². The molecule has 1 heterocycles. The number of hydrogen-bond acceptors (Lipinski definition) is 4. The molecule has 0 spiro atoms. The van der Waals surface area contributed by atoms with Gasteiger partial charge in [0.25, 0.3) is 5.91 Å². The molecule has 19 heavy (non-hydrogen) atoms. The summed E-state index contributed by atoms with van der Waals surface area (Å²) in [5.74, 6) is 6.11. The lowest BCUT2D eigenvalue weighted by molar-refractivity contribution is 0.0945. The van der Waals surface area contributed by atoms with Gasteiger partial charge in [-0.15, -0.1) is 0 Å². The predicted molar refractivity (Wildman–Crippen MR) is 75.4 cm³/mol. The molecule has 1 aliphatic rings. The van der Waals surface area contributed by atoms with Gasteiger partial charge >= 0.3 is 0 Å². The third-order valence-electron chi connectivity index (χ3n) is 4.92. The minimum absolute atomic E-state index is 0.157. The molecule has 1 aliphatic carbocycles. The number of carbonyl (C=O) groups excluding carboxylic acids is 1. The van der Waals surface area contributed by atoms with Crippen LogP contribution in [0, 0.1) is 16.7 Å². The van der Waals surface area contributed by atoms with E-state index in [0.717, 1.165) is 0 Å². The second kappa shape index (κ2) is 4.49. The number of amides is 1. The largest absolute Gasteiger partial charge is 0.350 e. The maximum absolute atomic E-state index is 12.0. The summed E-state index contributed by atoms with van der Waals surface area (Å²) in [7, 11) is 0. The Kier molecular flexibility index (Phi) is 3.26. The van der Waals surface area contributed by atoms with Crippen LogP contribution in [0.1, 0.15) is 38.2 Å². The van der Waals surface area contributed by atoms with E-state index in [4.69, 9.17) is 5.84 Å². The van der Waals surface area contributed by atoms with Crippen molar-refractivity contribution in [2.24, 2.45) is 22.6 Å². The number of anilines is 1. The first-order valence-electron chi connectivity index (χ1n) is 6.52. The summed E-state index contributed by atoms with van der Waals surface area (Å²) in [5.41, 5.74) is 3.36. The number of pyridine rings is 1. The number of nitrogens with one attached hydrogen (secondary N) is 2. The van der Waals surface area contributed by atoms with Gasteiger partial charge < -0.3 is 10.7 Å². The van der Waals surface area contributed by atoms with Crippen molar-refractivity contribution in [3.05, 3.63) is 23.9 Å². The minimum atomic E-state index is -0.157. The van der Waals surface area contributed by atoms with Crippen LogP contribution in [0.15, 0.2) is 18.2 Å². The highest BCUT2D eigenvalue weighted by molar-refractivity contribution is 5.92.